The summed E-state index contributed by atoms with van der Waals surface area (Å²) < 4.78 is 5.41. The van der Waals surface area contributed by atoms with E-state index in [4.69, 9.17) is 4.74 Å². The van der Waals surface area contributed by atoms with Crippen molar-refractivity contribution in [2.75, 3.05) is 12.4 Å². The Morgan fingerprint density at radius 3 is 2.18 bits per heavy atom. The number of nitrogens with one attached hydrogen (secondary N) is 1. The van der Waals surface area contributed by atoms with E-state index < -0.39 is 0 Å². The van der Waals surface area contributed by atoms with Crippen molar-refractivity contribution in [3.63, 3.8) is 0 Å². The Morgan fingerprint density at radius 1 is 0.773 bits per heavy atom. The van der Waals surface area contributed by atoms with Crippen LogP contribution in [0.25, 0.3) is 0 Å². The zero-order chi connectivity index (χ0) is 15.2. The monoisotopic (exact) mass is 291 g/mol. The van der Waals surface area contributed by atoms with Crippen LogP contribution >= 0.6 is 0 Å². The van der Waals surface area contributed by atoms with Gasteiger partial charge in [-0.2, -0.15) is 0 Å². The SMILES string of the molecule is COc1ccccc1Nc1ccccc1Cc1ccccc1.[HH]. The summed E-state index contributed by atoms with van der Waals surface area (Å²) in [4.78, 5) is 0. The lowest BCUT2D eigenvalue weighted by Crippen LogP contribution is -1.99. The fourth-order valence-electron chi connectivity index (χ4n) is 2.51. The van der Waals surface area contributed by atoms with E-state index in [2.05, 4.69) is 47.8 Å². The molecule has 0 atom stereocenters. The Balaban J connectivity index is 0.00000192. The normalized spacial score (nSPS) is 10.2. The van der Waals surface area contributed by atoms with Gasteiger partial charge in [0.25, 0.3) is 0 Å². The predicted octanol–water partition coefficient (Wildman–Crippen LogP) is 5.28. The maximum atomic E-state index is 5.41. The lowest BCUT2D eigenvalue weighted by Gasteiger charge is -2.14. The zero-order valence-corrected chi connectivity index (χ0v) is 12.6. The second-order valence-corrected chi connectivity index (χ2v) is 5.14. The second-order valence-electron chi connectivity index (χ2n) is 5.14. The third-order valence-electron chi connectivity index (χ3n) is 3.63. The third kappa shape index (κ3) is 3.29. The molecule has 0 aromatic heterocycles. The number of anilines is 2. The standard InChI is InChI=1S/C20H19NO.H2/c1-22-20-14-8-7-13-19(20)21-18-12-6-5-11-17(18)15-16-9-3-2-4-10-16;/h2-14,21H,15H2,1H3;1H. The van der Waals surface area contributed by atoms with Crippen LogP contribution in [0.1, 0.15) is 12.6 Å². The summed E-state index contributed by atoms with van der Waals surface area (Å²) >= 11 is 0. The Labute approximate surface area is 132 Å². The molecular formula is C20H21NO. The van der Waals surface area contributed by atoms with Crippen molar-refractivity contribution in [3.8, 4) is 5.75 Å². The van der Waals surface area contributed by atoms with Crippen LogP contribution in [-0.4, -0.2) is 7.11 Å². The van der Waals surface area contributed by atoms with Crippen molar-refractivity contribution >= 4 is 11.4 Å². The molecule has 3 rings (SSSR count). The molecule has 112 valence electrons. The first kappa shape index (κ1) is 14.2. The summed E-state index contributed by atoms with van der Waals surface area (Å²) in [5.41, 5.74) is 4.65. The maximum absolute atomic E-state index is 5.41. The predicted molar refractivity (Wildman–Crippen MR) is 94.1 cm³/mol. The van der Waals surface area contributed by atoms with Gasteiger partial charge in [0.05, 0.1) is 12.8 Å². The smallest absolute Gasteiger partial charge is 0.142 e. The van der Waals surface area contributed by atoms with Crippen LogP contribution in [0.5, 0.6) is 5.75 Å². The molecule has 22 heavy (non-hydrogen) atoms. The number of para-hydroxylation sites is 3. The van der Waals surface area contributed by atoms with Crippen LogP contribution < -0.4 is 10.1 Å². The van der Waals surface area contributed by atoms with Gasteiger partial charge in [-0.05, 0) is 35.7 Å². The van der Waals surface area contributed by atoms with Gasteiger partial charge in [0.1, 0.15) is 5.75 Å². The quantitative estimate of drug-likeness (QED) is 0.691. The highest BCUT2D eigenvalue weighted by Crippen LogP contribution is 2.29. The molecule has 2 nitrogen and oxygen atoms in total. The molecule has 0 spiro atoms. The van der Waals surface area contributed by atoms with E-state index in [1.807, 2.05) is 36.4 Å². The number of hydrogen-bond acceptors (Lipinski definition) is 2. The number of ether oxygens (including phenoxy) is 1. The van der Waals surface area contributed by atoms with Gasteiger partial charge in [-0.15, -0.1) is 0 Å². The molecule has 3 aromatic carbocycles. The van der Waals surface area contributed by atoms with E-state index in [0.717, 1.165) is 23.5 Å². The molecular weight excluding hydrogens is 270 g/mol. The summed E-state index contributed by atoms with van der Waals surface area (Å²) in [6.07, 6.45) is 0.902. The average molecular weight is 291 g/mol. The van der Waals surface area contributed by atoms with Crippen molar-refractivity contribution in [2.24, 2.45) is 0 Å². The minimum Gasteiger partial charge on any atom is -0.495 e. The van der Waals surface area contributed by atoms with Gasteiger partial charge < -0.3 is 10.1 Å². The van der Waals surface area contributed by atoms with E-state index in [-0.39, 0.29) is 1.43 Å². The van der Waals surface area contributed by atoms with Crippen molar-refractivity contribution in [1.29, 1.82) is 0 Å². The molecule has 0 bridgehead atoms. The van der Waals surface area contributed by atoms with Crippen molar-refractivity contribution < 1.29 is 6.16 Å². The van der Waals surface area contributed by atoms with Gasteiger partial charge in [0, 0.05) is 7.11 Å². The molecule has 0 radical (unpaired) electrons. The third-order valence-corrected chi connectivity index (χ3v) is 3.63. The second kappa shape index (κ2) is 6.81. The van der Waals surface area contributed by atoms with E-state index >= 15 is 0 Å². The van der Waals surface area contributed by atoms with Crippen molar-refractivity contribution in [2.45, 2.75) is 6.42 Å². The molecule has 1 N–H and O–H groups in total. The molecule has 0 unspecified atom stereocenters. The molecule has 0 aliphatic rings. The molecule has 0 amide bonds. The summed E-state index contributed by atoms with van der Waals surface area (Å²) in [5.74, 6) is 0.844. The molecule has 0 fully saturated rings. The number of benzene rings is 3. The molecule has 0 aliphatic carbocycles. The highest BCUT2D eigenvalue weighted by Gasteiger charge is 2.06. The van der Waals surface area contributed by atoms with Crippen LogP contribution in [0.3, 0.4) is 0 Å². The topological polar surface area (TPSA) is 21.3 Å². The fourth-order valence-corrected chi connectivity index (χ4v) is 2.51. The highest BCUT2D eigenvalue weighted by molar-refractivity contribution is 5.68. The Kier molecular flexibility index (Phi) is 4.40. The van der Waals surface area contributed by atoms with Crippen LogP contribution in [-0.2, 0) is 6.42 Å². The van der Waals surface area contributed by atoms with E-state index in [0.29, 0.717) is 0 Å². The fraction of sp³-hybridized carbons (Fsp3) is 0.100. The molecule has 0 heterocycles. The minimum atomic E-state index is 0. The summed E-state index contributed by atoms with van der Waals surface area (Å²) in [7, 11) is 1.69. The Hall–Kier alpha value is -2.74. The van der Waals surface area contributed by atoms with E-state index in [1.54, 1.807) is 7.11 Å². The summed E-state index contributed by atoms with van der Waals surface area (Å²) in [5, 5.41) is 3.49. The average Bonchev–Trinajstić information content (AvgIpc) is 2.58. The van der Waals surface area contributed by atoms with Gasteiger partial charge >= 0.3 is 0 Å². The largest absolute Gasteiger partial charge is 0.495 e. The van der Waals surface area contributed by atoms with Crippen LogP contribution in [0.15, 0.2) is 78.9 Å². The minimum absolute atomic E-state index is 0. The van der Waals surface area contributed by atoms with Crippen LogP contribution in [0, 0.1) is 0 Å². The summed E-state index contributed by atoms with van der Waals surface area (Å²) in [6.45, 7) is 0. The van der Waals surface area contributed by atoms with Crippen molar-refractivity contribution in [1.82, 2.24) is 0 Å². The summed E-state index contributed by atoms with van der Waals surface area (Å²) in [6, 6.07) is 26.8. The first-order valence-corrected chi connectivity index (χ1v) is 7.38. The highest BCUT2D eigenvalue weighted by atomic mass is 16.5. The lowest BCUT2D eigenvalue weighted by molar-refractivity contribution is 0.417. The first-order valence-electron chi connectivity index (χ1n) is 7.38. The molecule has 2 heteroatoms. The molecule has 0 saturated carbocycles. The first-order chi connectivity index (χ1) is 10.9. The number of methoxy groups -OCH3 is 1. The van der Waals surface area contributed by atoms with Crippen LogP contribution in [0.2, 0.25) is 0 Å². The van der Waals surface area contributed by atoms with Gasteiger partial charge in [-0.1, -0.05) is 60.7 Å². The van der Waals surface area contributed by atoms with Gasteiger partial charge in [-0.25, -0.2) is 0 Å². The lowest BCUT2D eigenvalue weighted by atomic mass is 10.0. The zero-order valence-electron chi connectivity index (χ0n) is 12.6. The van der Waals surface area contributed by atoms with Crippen molar-refractivity contribution in [3.05, 3.63) is 90.0 Å². The van der Waals surface area contributed by atoms with Gasteiger partial charge in [0.15, 0.2) is 0 Å². The van der Waals surface area contributed by atoms with E-state index in [9.17, 15) is 0 Å². The number of rotatable bonds is 5. The van der Waals surface area contributed by atoms with Crippen LogP contribution in [0.4, 0.5) is 11.4 Å². The van der Waals surface area contributed by atoms with Gasteiger partial charge in [0.2, 0.25) is 0 Å². The Bertz CT molecular complexity index is 743. The molecule has 0 aliphatic heterocycles. The maximum Gasteiger partial charge on any atom is 0.142 e. The molecule has 3 aromatic rings. The molecule has 0 saturated heterocycles. The number of hydrogen-bond donors (Lipinski definition) is 1. The Morgan fingerprint density at radius 2 is 1.41 bits per heavy atom. The van der Waals surface area contributed by atoms with Gasteiger partial charge in [-0.3, -0.25) is 0 Å². The van der Waals surface area contributed by atoms with E-state index in [1.165, 1.54) is 11.1 Å².